The SMILES string of the molecule is CC(F)(C(C)(F)S(=O)(=O)O)C(C)(F)S(=O)(=O)NC(=O)c1ccccc1I. The highest BCUT2D eigenvalue weighted by Gasteiger charge is 2.71. The average Bonchev–Trinajstić information content (AvgIpc) is 2.45. The summed E-state index contributed by atoms with van der Waals surface area (Å²) in [6, 6.07) is 5.56. The molecule has 0 spiro atoms. The van der Waals surface area contributed by atoms with Crippen LogP contribution in [0.3, 0.4) is 0 Å². The summed E-state index contributed by atoms with van der Waals surface area (Å²) in [6.07, 6.45) is 0. The molecule has 0 aliphatic heterocycles. The second kappa shape index (κ2) is 6.91. The number of hydrogen-bond acceptors (Lipinski definition) is 5. The summed E-state index contributed by atoms with van der Waals surface area (Å²) in [5.74, 6) is -1.33. The van der Waals surface area contributed by atoms with Crippen molar-refractivity contribution in [3.8, 4) is 0 Å². The van der Waals surface area contributed by atoms with Crippen molar-refractivity contribution >= 4 is 48.6 Å². The van der Waals surface area contributed by atoms with Crippen LogP contribution in [-0.2, 0) is 20.1 Å². The predicted molar refractivity (Wildman–Crippen MR) is 95.6 cm³/mol. The summed E-state index contributed by atoms with van der Waals surface area (Å²) >= 11 is 1.69. The monoisotopic (exact) mass is 529 g/mol. The Morgan fingerprint density at radius 1 is 1.04 bits per heavy atom. The number of nitrogens with one attached hydrogen (secondary N) is 1. The third-order valence-electron chi connectivity index (χ3n) is 4.01. The largest absolute Gasteiger partial charge is 0.303 e. The van der Waals surface area contributed by atoms with Crippen LogP contribution in [0.4, 0.5) is 13.2 Å². The zero-order chi connectivity index (χ0) is 20.8. The smallest absolute Gasteiger partial charge is 0.283 e. The summed E-state index contributed by atoms with van der Waals surface area (Å²) in [6.45, 7) is 0.0238. The first-order valence-corrected chi connectivity index (χ1v) is 10.8. The lowest BCUT2D eigenvalue weighted by molar-refractivity contribution is -0.0412. The fourth-order valence-corrected chi connectivity index (χ4v) is 4.43. The van der Waals surface area contributed by atoms with E-state index in [0.29, 0.717) is 0 Å². The van der Waals surface area contributed by atoms with E-state index >= 15 is 0 Å². The molecule has 0 aliphatic carbocycles. The number of amides is 1. The first-order valence-electron chi connectivity index (χ1n) is 6.75. The molecule has 26 heavy (non-hydrogen) atoms. The lowest BCUT2D eigenvalue weighted by atomic mass is 9.97. The molecule has 1 aromatic carbocycles. The van der Waals surface area contributed by atoms with E-state index in [9.17, 15) is 34.8 Å². The number of hydrogen-bond donors (Lipinski definition) is 2. The van der Waals surface area contributed by atoms with Crippen LogP contribution in [0.1, 0.15) is 31.1 Å². The summed E-state index contributed by atoms with van der Waals surface area (Å²) in [5, 5.41) is -8.59. The van der Waals surface area contributed by atoms with E-state index in [-0.39, 0.29) is 29.9 Å². The first-order chi connectivity index (χ1) is 11.4. The van der Waals surface area contributed by atoms with Gasteiger partial charge in [0.05, 0.1) is 5.56 Å². The Bertz CT molecular complexity index is 929. The Kier molecular flexibility index (Phi) is 6.14. The van der Waals surface area contributed by atoms with Crippen molar-refractivity contribution in [2.75, 3.05) is 0 Å². The second-order valence-corrected chi connectivity index (χ2v) is 10.6. The van der Waals surface area contributed by atoms with Gasteiger partial charge in [-0.25, -0.2) is 26.3 Å². The van der Waals surface area contributed by atoms with E-state index in [1.807, 2.05) is 0 Å². The average molecular weight is 529 g/mol. The molecular formula is C13H15F3INO6S2. The van der Waals surface area contributed by atoms with Gasteiger partial charge in [-0.2, -0.15) is 8.42 Å². The van der Waals surface area contributed by atoms with E-state index in [2.05, 4.69) is 0 Å². The fourth-order valence-electron chi connectivity index (χ4n) is 1.81. The van der Waals surface area contributed by atoms with Crippen molar-refractivity contribution in [1.29, 1.82) is 0 Å². The van der Waals surface area contributed by atoms with Crippen molar-refractivity contribution in [3.05, 3.63) is 33.4 Å². The normalized spacial score (nSPS) is 19.7. The van der Waals surface area contributed by atoms with Gasteiger partial charge in [0.25, 0.3) is 25.9 Å². The molecule has 13 heteroatoms. The second-order valence-electron chi connectivity index (χ2n) is 5.73. The van der Waals surface area contributed by atoms with Gasteiger partial charge in [-0.15, -0.1) is 0 Å². The molecule has 0 fully saturated rings. The molecule has 0 bridgehead atoms. The van der Waals surface area contributed by atoms with Gasteiger partial charge in [-0.3, -0.25) is 9.35 Å². The quantitative estimate of drug-likeness (QED) is 0.432. The molecule has 0 aliphatic rings. The zero-order valence-electron chi connectivity index (χ0n) is 13.6. The summed E-state index contributed by atoms with van der Waals surface area (Å²) in [7, 11) is -11.4. The molecule has 3 unspecified atom stereocenters. The molecule has 0 radical (unpaired) electrons. The van der Waals surface area contributed by atoms with Gasteiger partial charge in [0.15, 0.2) is 0 Å². The van der Waals surface area contributed by atoms with E-state index in [0.717, 1.165) is 0 Å². The van der Waals surface area contributed by atoms with Gasteiger partial charge < -0.3 is 0 Å². The van der Waals surface area contributed by atoms with Crippen molar-refractivity contribution in [2.24, 2.45) is 0 Å². The Hall–Kier alpha value is -0.930. The molecule has 1 aromatic rings. The lowest BCUT2D eigenvalue weighted by Crippen LogP contribution is -2.65. The van der Waals surface area contributed by atoms with Gasteiger partial charge >= 0.3 is 10.1 Å². The topological polar surface area (TPSA) is 118 Å². The number of alkyl halides is 3. The standard InChI is InChI=1S/C13H15F3INO6S2/c1-11(14,13(3,16)26(22,23)24)12(2,15)25(20,21)18-10(19)8-6-4-5-7-9(8)17/h4-7H,1-3H3,(H,18,19)(H,22,23,24). The summed E-state index contributed by atoms with van der Waals surface area (Å²) in [5.41, 5.74) is -4.48. The molecule has 1 rings (SSSR count). The number of carbonyl (C=O) groups is 1. The molecule has 148 valence electrons. The molecular weight excluding hydrogens is 514 g/mol. The van der Waals surface area contributed by atoms with Gasteiger partial charge in [0.2, 0.25) is 5.67 Å². The summed E-state index contributed by atoms with van der Waals surface area (Å²) < 4.78 is 101. The number of sulfonamides is 1. The maximum absolute atomic E-state index is 14.9. The molecule has 2 N–H and O–H groups in total. The van der Waals surface area contributed by atoms with Crippen LogP contribution in [0.15, 0.2) is 24.3 Å². The predicted octanol–water partition coefficient (Wildman–Crippen LogP) is 2.34. The maximum Gasteiger partial charge on any atom is 0.303 e. The molecule has 7 nitrogen and oxygen atoms in total. The van der Waals surface area contributed by atoms with E-state index < -0.39 is 41.7 Å². The van der Waals surface area contributed by atoms with Gasteiger partial charge in [-0.1, -0.05) is 12.1 Å². The van der Waals surface area contributed by atoms with Crippen molar-refractivity contribution in [3.63, 3.8) is 0 Å². The molecule has 0 saturated heterocycles. The first kappa shape index (κ1) is 23.1. The van der Waals surface area contributed by atoms with E-state index in [1.165, 1.54) is 29.0 Å². The lowest BCUT2D eigenvalue weighted by Gasteiger charge is -2.39. The molecule has 0 heterocycles. The molecule has 0 saturated carbocycles. The Morgan fingerprint density at radius 2 is 1.50 bits per heavy atom. The van der Waals surface area contributed by atoms with Crippen molar-refractivity contribution < 1.29 is 39.4 Å². The number of benzene rings is 1. The Balaban J connectivity index is 3.38. The van der Waals surface area contributed by atoms with Crippen LogP contribution in [0.2, 0.25) is 0 Å². The minimum atomic E-state index is -5.85. The minimum absolute atomic E-state index is 0.0107. The van der Waals surface area contributed by atoms with Crippen LogP contribution < -0.4 is 4.72 Å². The minimum Gasteiger partial charge on any atom is -0.283 e. The van der Waals surface area contributed by atoms with E-state index in [1.54, 1.807) is 22.6 Å². The molecule has 1 amide bonds. The van der Waals surface area contributed by atoms with Crippen LogP contribution in [0, 0.1) is 3.57 Å². The highest BCUT2D eigenvalue weighted by molar-refractivity contribution is 14.1. The van der Waals surface area contributed by atoms with Crippen molar-refractivity contribution in [1.82, 2.24) is 4.72 Å². The van der Waals surface area contributed by atoms with Gasteiger partial charge in [-0.05, 0) is 55.5 Å². The van der Waals surface area contributed by atoms with Crippen LogP contribution in [-0.4, -0.2) is 43.0 Å². The van der Waals surface area contributed by atoms with Crippen LogP contribution >= 0.6 is 22.6 Å². The number of carbonyl (C=O) groups excluding carboxylic acids is 1. The highest BCUT2D eigenvalue weighted by Crippen LogP contribution is 2.46. The van der Waals surface area contributed by atoms with Crippen LogP contribution in [0.25, 0.3) is 0 Å². The van der Waals surface area contributed by atoms with Crippen molar-refractivity contribution in [2.45, 2.75) is 36.4 Å². The third-order valence-corrected chi connectivity index (χ3v) is 8.15. The Morgan fingerprint density at radius 3 is 1.92 bits per heavy atom. The third kappa shape index (κ3) is 3.71. The van der Waals surface area contributed by atoms with Crippen LogP contribution in [0.5, 0.6) is 0 Å². The van der Waals surface area contributed by atoms with Gasteiger partial charge in [0, 0.05) is 3.57 Å². The fraction of sp³-hybridized carbons (Fsp3) is 0.462. The zero-order valence-corrected chi connectivity index (χ0v) is 17.4. The number of halogens is 4. The maximum atomic E-state index is 14.9. The molecule has 0 aromatic heterocycles. The number of rotatable bonds is 6. The highest BCUT2D eigenvalue weighted by atomic mass is 127. The summed E-state index contributed by atoms with van der Waals surface area (Å²) in [4.78, 5) is 12.1. The van der Waals surface area contributed by atoms with Gasteiger partial charge in [0.1, 0.15) is 0 Å². The molecule has 3 atom stereocenters. The van der Waals surface area contributed by atoms with E-state index in [4.69, 9.17) is 4.55 Å². The Labute approximate surface area is 162 Å².